The third-order valence-electron chi connectivity index (χ3n) is 4.20. The minimum atomic E-state index is 0.178. The molecule has 3 rings (SSSR count). The number of ether oxygens (including phenoxy) is 1. The van der Waals surface area contributed by atoms with Gasteiger partial charge in [0, 0.05) is 31.8 Å². The molecule has 6 N–H and O–H groups in total. The Kier molecular flexibility index (Phi) is 7.38. The van der Waals surface area contributed by atoms with Crippen molar-refractivity contribution < 1.29 is 4.74 Å². The summed E-state index contributed by atoms with van der Waals surface area (Å²) < 4.78 is 5.32. The number of benzene rings is 1. The fraction of sp³-hybridized carbons (Fsp3) is 0.263. The Morgan fingerprint density at radius 2 is 1.45 bits per heavy atom. The molecule has 0 radical (unpaired) electrons. The van der Waals surface area contributed by atoms with Gasteiger partial charge in [-0.3, -0.25) is 0 Å². The Morgan fingerprint density at radius 1 is 0.862 bits per heavy atom. The van der Waals surface area contributed by atoms with Gasteiger partial charge in [-0.15, -0.1) is 0 Å². The van der Waals surface area contributed by atoms with E-state index in [2.05, 4.69) is 30.6 Å². The molecule has 2 heterocycles. The molecule has 0 bridgehead atoms. The van der Waals surface area contributed by atoms with Crippen molar-refractivity contribution in [2.75, 3.05) is 43.3 Å². The van der Waals surface area contributed by atoms with Crippen LogP contribution in [0.25, 0.3) is 11.3 Å². The van der Waals surface area contributed by atoms with Crippen LogP contribution >= 0.6 is 11.6 Å². The predicted molar refractivity (Wildman–Crippen MR) is 118 cm³/mol. The summed E-state index contributed by atoms with van der Waals surface area (Å²) in [5.74, 6) is 2.64. The van der Waals surface area contributed by atoms with E-state index in [0.717, 1.165) is 28.1 Å². The Morgan fingerprint density at radius 3 is 2.00 bits per heavy atom. The van der Waals surface area contributed by atoms with Gasteiger partial charge in [0.15, 0.2) is 0 Å². The molecule has 1 aromatic carbocycles. The maximum atomic E-state index is 5.73. The fourth-order valence-corrected chi connectivity index (χ4v) is 2.78. The third-order valence-corrected chi connectivity index (χ3v) is 4.39. The van der Waals surface area contributed by atoms with Gasteiger partial charge in [0.05, 0.1) is 12.8 Å². The number of halogens is 1. The second-order valence-corrected chi connectivity index (χ2v) is 6.38. The van der Waals surface area contributed by atoms with Gasteiger partial charge in [-0.2, -0.15) is 9.97 Å². The summed E-state index contributed by atoms with van der Waals surface area (Å²) in [7, 11) is 5.21. The van der Waals surface area contributed by atoms with E-state index < -0.39 is 0 Å². The number of nitrogens with two attached hydrogens (primary N) is 2. The van der Waals surface area contributed by atoms with Crippen molar-refractivity contribution in [2.45, 2.75) is 13.8 Å². The molecule has 0 fully saturated rings. The van der Waals surface area contributed by atoms with E-state index in [4.69, 9.17) is 27.8 Å². The first kappa shape index (κ1) is 22.0. The predicted octanol–water partition coefficient (Wildman–Crippen LogP) is 3.15. The van der Waals surface area contributed by atoms with Gasteiger partial charge in [-0.25, -0.2) is 9.97 Å². The second kappa shape index (κ2) is 9.74. The summed E-state index contributed by atoms with van der Waals surface area (Å²) in [5, 5.41) is 6.12. The van der Waals surface area contributed by atoms with E-state index in [1.54, 1.807) is 27.3 Å². The molecule has 0 amide bonds. The largest absolute Gasteiger partial charge is 0.496 e. The van der Waals surface area contributed by atoms with E-state index in [1.807, 2.05) is 32.0 Å². The SMILES string of the molecule is CNc1cc(-c2ccc(OC)c(C)c2C)nc(N)n1.CNc1cc(Cl)nc(N)n1. The lowest BCUT2D eigenvalue weighted by atomic mass is 10.00. The highest BCUT2D eigenvalue weighted by Gasteiger charge is 2.11. The number of aromatic nitrogens is 4. The van der Waals surface area contributed by atoms with Crippen molar-refractivity contribution in [2.24, 2.45) is 0 Å². The molecule has 0 aliphatic carbocycles. The van der Waals surface area contributed by atoms with E-state index >= 15 is 0 Å². The summed E-state index contributed by atoms with van der Waals surface area (Å²) in [6.07, 6.45) is 0. The van der Waals surface area contributed by atoms with Crippen LogP contribution in [0.5, 0.6) is 5.75 Å². The third kappa shape index (κ3) is 5.58. The number of hydrogen-bond donors (Lipinski definition) is 4. The van der Waals surface area contributed by atoms with Crippen LogP contribution in [0, 0.1) is 13.8 Å². The van der Waals surface area contributed by atoms with Crippen LogP contribution in [0.4, 0.5) is 23.5 Å². The Labute approximate surface area is 174 Å². The highest BCUT2D eigenvalue weighted by atomic mass is 35.5. The Bertz CT molecular complexity index is 976. The van der Waals surface area contributed by atoms with E-state index in [0.29, 0.717) is 16.8 Å². The lowest BCUT2D eigenvalue weighted by Gasteiger charge is -2.13. The molecule has 0 saturated carbocycles. The van der Waals surface area contributed by atoms with Crippen molar-refractivity contribution >= 4 is 35.1 Å². The van der Waals surface area contributed by atoms with Crippen molar-refractivity contribution in [1.29, 1.82) is 0 Å². The van der Waals surface area contributed by atoms with Gasteiger partial charge in [0.25, 0.3) is 0 Å². The van der Waals surface area contributed by atoms with Crippen LogP contribution in [-0.2, 0) is 0 Å². The first-order valence-corrected chi connectivity index (χ1v) is 9.11. The van der Waals surface area contributed by atoms with Crippen LogP contribution in [0.1, 0.15) is 11.1 Å². The second-order valence-electron chi connectivity index (χ2n) is 6.00. The number of methoxy groups -OCH3 is 1. The zero-order valence-corrected chi connectivity index (χ0v) is 17.8. The molecule has 154 valence electrons. The van der Waals surface area contributed by atoms with Crippen molar-refractivity contribution in [3.05, 3.63) is 40.5 Å². The number of rotatable bonds is 4. The average molecular weight is 417 g/mol. The molecule has 9 nitrogen and oxygen atoms in total. The Balaban J connectivity index is 0.000000253. The topological polar surface area (TPSA) is 137 Å². The smallest absolute Gasteiger partial charge is 0.223 e. The molecule has 0 unspecified atom stereocenters. The first-order chi connectivity index (χ1) is 13.8. The minimum absolute atomic E-state index is 0.178. The van der Waals surface area contributed by atoms with Gasteiger partial charge in [-0.05, 0) is 37.1 Å². The monoisotopic (exact) mass is 416 g/mol. The van der Waals surface area contributed by atoms with Crippen molar-refractivity contribution in [1.82, 2.24) is 19.9 Å². The van der Waals surface area contributed by atoms with Crippen LogP contribution in [0.2, 0.25) is 5.15 Å². The Hall–Kier alpha value is -3.33. The van der Waals surface area contributed by atoms with Crippen LogP contribution in [0.15, 0.2) is 24.3 Å². The zero-order chi connectivity index (χ0) is 21.6. The highest BCUT2D eigenvalue weighted by Crippen LogP contribution is 2.31. The molecule has 0 aliphatic heterocycles. The first-order valence-electron chi connectivity index (χ1n) is 8.73. The van der Waals surface area contributed by atoms with E-state index in [1.165, 1.54) is 0 Å². The lowest BCUT2D eigenvalue weighted by molar-refractivity contribution is 0.411. The lowest BCUT2D eigenvalue weighted by Crippen LogP contribution is -2.02. The molecular formula is C19H25ClN8O. The van der Waals surface area contributed by atoms with Crippen LogP contribution in [0.3, 0.4) is 0 Å². The molecule has 0 aliphatic rings. The van der Waals surface area contributed by atoms with Gasteiger partial charge in [0.2, 0.25) is 11.9 Å². The average Bonchev–Trinajstić information content (AvgIpc) is 2.69. The molecule has 2 aromatic heterocycles. The maximum absolute atomic E-state index is 5.73. The molecule has 10 heteroatoms. The van der Waals surface area contributed by atoms with Gasteiger partial charge in [-0.1, -0.05) is 11.6 Å². The highest BCUT2D eigenvalue weighted by molar-refractivity contribution is 6.29. The fourth-order valence-electron chi connectivity index (χ4n) is 2.59. The molecule has 3 aromatic rings. The summed E-state index contributed by atoms with van der Waals surface area (Å²) in [6, 6.07) is 7.40. The van der Waals surface area contributed by atoms with Crippen molar-refractivity contribution in [3.8, 4) is 17.0 Å². The minimum Gasteiger partial charge on any atom is -0.496 e. The number of nitrogen functional groups attached to an aromatic ring is 2. The van der Waals surface area contributed by atoms with E-state index in [-0.39, 0.29) is 11.9 Å². The number of hydrogen-bond acceptors (Lipinski definition) is 9. The number of nitrogens with one attached hydrogen (secondary N) is 2. The van der Waals surface area contributed by atoms with Crippen LogP contribution < -0.4 is 26.8 Å². The zero-order valence-electron chi connectivity index (χ0n) is 17.0. The number of anilines is 4. The van der Waals surface area contributed by atoms with Crippen LogP contribution in [-0.4, -0.2) is 41.1 Å². The normalized spacial score (nSPS) is 10.0. The maximum Gasteiger partial charge on any atom is 0.223 e. The summed E-state index contributed by atoms with van der Waals surface area (Å²) in [4.78, 5) is 15.9. The summed E-state index contributed by atoms with van der Waals surface area (Å²) >= 11 is 5.56. The summed E-state index contributed by atoms with van der Waals surface area (Å²) in [5.41, 5.74) is 15.1. The quantitative estimate of drug-likeness (QED) is 0.472. The molecule has 0 saturated heterocycles. The van der Waals surface area contributed by atoms with Gasteiger partial charge < -0.3 is 26.8 Å². The van der Waals surface area contributed by atoms with E-state index in [9.17, 15) is 0 Å². The van der Waals surface area contributed by atoms with Crippen molar-refractivity contribution in [3.63, 3.8) is 0 Å². The van der Waals surface area contributed by atoms with Gasteiger partial charge >= 0.3 is 0 Å². The molecule has 0 atom stereocenters. The van der Waals surface area contributed by atoms with Gasteiger partial charge in [0.1, 0.15) is 22.5 Å². The molecular weight excluding hydrogens is 392 g/mol. The standard InChI is InChI=1S/C14H18N4O.C5H7ClN4/c1-8-9(2)12(19-4)6-5-10(8)11-7-13(16-3)18-14(15)17-11;1-8-4-2-3(6)9-5(7)10-4/h5-7H,1-4H3,(H3,15,16,17,18);2H,1H3,(H3,7,8,9,10). The molecule has 0 spiro atoms. The number of nitrogens with zero attached hydrogens (tertiary/aromatic N) is 4. The summed E-state index contributed by atoms with van der Waals surface area (Å²) in [6.45, 7) is 4.08. The molecule has 29 heavy (non-hydrogen) atoms.